The molecule has 1 N–H and O–H groups in total. The number of methoxy groups -OCH3 is 1. The predicted molar refractivity (Wildman–Crippen MR) is 74.0 cm³/mol. The Morgan fingerprint density at radius 2 is 2.29 bits per heavy atom. The van der Waals surface area contributed by atoms with Crippen LogP contribution < -0.4 is 4.74 Å². The van der Waals surface area contributed by atoms with Crippen LogP contribution in [-0.2, 0) is 6.54 Å². The zero-order valence-corrected chi connectivity index (χ0v) is 11.6. The summed E-state index contributed by atoms with van der Waals surface area (Å²) in [5.41, 5.74) is 0.134. The molecule has 1 aromatic carbocycles. The second-order valence-corrected chi connectivity index (χ2v) is 4.34. The Hall–Kier alpha value is -2.90. The van der Waals surface area contributed by atoms with E-state index in [9.17, 15) is 14.9 Å². The Morgan fingerprint density at radius 3 is 2.86 bits per heavy atom. The van der Waals surface area contributed by atoms with E-state index in [1.807, 2.05) is 0 Å². The zero-order chi connectivity index (χ0) is 15.4. The molecule has 21 heavy (non-hydrogen) atoms. The van der Waals surface area contributed by atoms with Crippen molar-refractivity contribution in [2.24, 2.45) is 0 Å². The number of non-ortho nitro benzene ring substituents is 1. The molecule has 0 spiro atoms. The van der Waals surface area contributed by atoms with Crippen molar-refractivity contribution < 1.29 is 14.5 Å². The number of carbonyl (C=O) groups excluding carboxylic acids is 1. The average molecular weight is 290 g/mol. The van der Waals surface area contributed by atoms with E-state index in [-0.39, 0.29) is 22.9 Å². The summed E-state index contributed by atoms with van der Waals surface area (Å²) in [5.74, 6) is 0.505. The Labute approximate surface area is 120 Å². The van der Waals surface area contributed by atoms with E-state index in [4.69, 9.17) is 4.74 Å². The maximum Gasteiger partial charge on any atom is 0.273 e. The monoisotopic (exact) mass is 290 g/mol. The topological polar surface area (TPSA) is 101 Å². The number of aromatic nitrogens is 2. The van der Waals surface area contributed by atoms with Crippen molar-refractivity contribution in [3.05, 3.63) is 52.1 Å². The van der Waals surface area contributed by atoms with Crippen LogP contribution in [0, 0.1) is 10.1 Å². The molecule has 0 unspecified atom stereocenters. The second-order valence-electron chi connectivity index (χ2n) is 4.34. The van der Waals surface area contributed by atoms with E-state index in [0.29, 0.717) is 12.4 Å². The van der Waals surface area contributed by atoms with Crippen LogP contribution in [0.2, 0.25) is 0 Å². The lowest BCUT2D eigenvalue weighted by Gasteiger charge is -2.17. The van der Waals surface area contributed by atoms with Gasteiger partial charge < -0.3 is 14.6 Å². The summed E-state index contributed by atoms with van der Waals surface area (Å²) in [6.07, 6.45) is 3.26. The standard InChI is InChI=1S/C13H14N4O4/c1-16(8-12-14-5-6-15-12)13(18)10-4-3-9(17(19)20)7-11(10)21-2/h3-7H,8H2,1-2H3,(H,14,15). The molecule has 0 aliphatic rings. The molecule has 0 bridgehead atoms. The third-order valence-corrected chi connectivity index (χ3v) is 2.91. The summed E-state index contributed by atoms with van der Waals surface area (Å²) < 4.78 is 5.07. The van der Waals surface area contributed by atoms with Gasteiger partial charge in [0.25, 0.3) is 11.6 Å². The molecule has 1 heterocycles. The normalized spacial score (nSPS) is 10.2. The summed E-state index contributed by atoms with van der Waals surface area (Å²) in [6, 6.07) is 3.89. The van der Waals surface area contributed by atoms with Gasteiger partial charge in [0.15, 0.2) is 0 Å². The number of benzene rings is 1. The molecule has 0 aliphatic carbocycles. The highest BCUT2D eigenvalue weighted by molar-refractivity contribution is 5.97. The molecule has 0 atom stereocenters. The number of imidazole rings is 1. The number of hydrogen-bond acceptors (Lipinski definition) is 5. The molecule has 1 amide bonds. The first-order chi connectivity index (χ1) is 10.0. The number of nitro groups is 1. The van der Waals surface area contributed by atoms with Crippen molar-refractivity contribution in [1.29, 1.82) is 0 Å². The number of nitrogens with zero attached hydrogens (tertiary/aromatic N) is 3. The number of nitrogens with one attached hydrogen (secondary N) is 1. The van der Waals surface area contributed by atoms with Gasteiger partial charge in [-0.1, -0.05) is 0 Å². The molecule has 8 heteroatoms. The van der Waals surface area contributed by atoms with Crippen LogP contribution in [0.25, 0.3) is 0 Å². The van der Waals surface area contributed by atoms with Crippen molar-refractivity contribution in [1.82, 2.24) is 14.9 Å². The van der Waals surface area contributed by atoms with Gasteiger partial charge in [-0.25, -0.2) is 4.98 Å². The van der Waals surface area contributed by atoms with Gasteiger partial charge in [0.05, 0.1) is 30.2 Å². The molecule has 0 saturated heterocycles. The number of ether oxygens (including phenoxy) is 1. The predicted octanol–water partition coefficient (Wildman–Crippen LogP) is 1.60. The number of carbonyl (C=O) groups is 1. The van der Waals surface area contributed by atoms with Crippen LogP contribution in [0.4, 0.5) is 5.69 Å². The van der Waals surface area contributed by atoms with E-state index < -0.39 is 4.92 Å². The van der Waals surface area contributed by atoms with Gasteiger partial charge in [0.1, 0.15) is 11.6 Å². The largest absolute Gasteiger partial charge is 0.496 e. The van der Waals surface area contributed by atoms with Crippen LogP contribution in [0.5, 0.6) is 5.75 Å². The molecule has 2 aromatic rings. The highest BCUT2D eigenvalue weighted by atomic mass is 16.6. The third kappa shape index (κ3) is 3.16. The fraction of sp³-hybridized carbons (Fsp3) is 0.231. The molecule has 8 nitrogen and oxygen atoms in total. The molecule has 2 rings (SSSR count). The smallest absolute Gasteiger partial charge is 0.273 e. The average Bonchev–Trinajstić information content (AvgIpc) is 2.98. The summed E-state index contributed by atoms with van der Waals surface area (Å²) >= 11 is 0. The first-order valence-electron chi connectivity index (χ1n) is 6.09. The molecule has 0 aliphatic heterocycles. The van der Waals surface area contributed by atoms with Crippen molar-refractivity contribution >= 4 is 11.6 Å². The van der Waals surface area contributed by atoms with Crippen molar-refractivity contribution in [3.63, 3.8) is 0 Å². The molecule has 0 fully saturated rings. The summed E-state index contributed by atoms with van der Waals surface area (Å²) in [4.78, 5) is 31.0. The fourth-order valence-electron chi connectivity index (χ4n) is 1.86. The number of aromatic amines is 1. The number of H-pyrrole nitrogens is 1. The summed E-state index contributed by atoms with van der Waals surface area (Å²) in [7, 11) is 2.98. The highest BCUT2D eigenvalue weighted by Crippen LogP contribution is 2.25. The van der Waals surface area contributed by atoms with Gasteiger partial charge in [-0.2, -0.15) is 0 Å². The minimum absolute atomic E-state index is 0.128. The Kier molecular flexibility index (Phi) is 4.17. The van der Waals surface area contributed by atoms with Gasteiger partial charge in [-0.3, -0.25) is 14.9 Å². The van der Waals surface area contributed by atoms with E-state index in [1.165, 1.54) is 30.2 Å². The summed E-state index contributed by atoms with van der Waals surface area (Å²) in [5, 5.41) is 10.7. The SMILES string of the molecule is COc1cc([N+](=O)[O-])ccc1C(=O)N(C)Cc1ncc[nH]1. The van der Waals surface area contributed by atoms with Gasteiger partial charge in [0.2, 0.25) is 0 Å². The van der Waals surface area contributed by atoms with Crippen LogP contribution in [0.3, 0.4) is 0 Å². The van der Waals surface area contributed by atoms with E-state index in [0.717, 1.165) is 0 Å². The first kappa shape index (κ1) is 14.5. The Bertz CT molecular complexity index is 654. The Balaban J connectivity index is 2.23. The summed E-state index contributed by atoms with van der Waals surface area (Å²) in [6.45, 7) is 0.298. The first-order valence-corrected chi connectivity index (χ1v) is 6.09. The molecule has 0 saturated carbocycles. The van der Waals surface area contributed by atoms with Gasteiger partial charge in [0, 0.05) is 25.5 Å². The minimum atomic E-state index is -0.538. The van der Waals surface area contributed by atoms with Crippen molar-refractivity contribution in [2.75, 3.05) is 14.2 Å². The molecule has 110 valence electrons. The van der Waals surface area contributed by atoms with E-state index in [2.05, 4.69) is 9.97 Å². The lowest BCUT2D eigenvalue weighted by Crippen LogP contribution is -2.27. The van der Waals surface area contributed by atoms with Crippen LogP contribution in [-0.4, -0.2) is 39.9 Å². The lowest BCUT2D eigenvalue weighted by atomic mass is 10.1. The fourth-order valence-corrected chi connectivity index (χ4v) is 1.86. The molecule has 1 aromatic heterocycles. The minimum Gasteiger partial charge on any atom is -0.496 e. The van der Waals surface area contributed by atoms with Crippen LogP contribution in [0.1, 0.15) is 16.2 Å². The van der Waals surface area contributed by atoms with E-state index in [1.54, 1.807) is 19.4 Å². The van der Waals surface area contributed by atoms with E-state index >= 15 is 0 Å². The number of hydrogen-bond donors (Lipinski definition) is 1. The Morgan fingerprint density at radius 1 is 1.52 bits per heavy atom. The maximum absolute atomic E-state index is 12.4. The van der Waals surface area contributed by atoms with Gasteiger partial charge >= 0.3 is 0 Å². The maximum atomic E-state index is 12.4. The quantitative estimate of drug-likeness (QED) is 0.665. The van der Waals surface area contributed by atoms with Gasteiger partial charge in [-0.05, 0) is 6.07 Å². The highest BCUT2D eigenvalue weighted by Gasteiger charge is 2.20. The number of rotatable bonds is 5. The van der Waals surface area contributed by atoms with Crippen molar-refractivity contribution in [2.45, 2.75) is 6.54 Å². The van der Waals surface area contributed by atoms with Gasteiger partial charge in [-0.15, -0.1) is 0 Å². The number of nitro benzene ring substituents is 1. The molecular formula is C13H14N4O4. The third-order valence-electron chi connectivity index (χ3n) is 2.91. The molecule has 0 radical (unpaired) electrons. The number of amides is 1. The second kappa shape index (κ2) is 6.04. The molecular weight excluding hydrogens is 276 g/mol. The van der Waals surface area contributed by atoms with Crippen LogP contribution in [0.15, 0.2) is 30.6 Å². The zero-order valence-electron chi connectivity index (χ0n) is 11.6. The van der Waals surface area contributed by atoms with Crippen LogP contribution >= 0.6 is 0 Å². The van der Waals surface area contributed by atoms with Crippen molar-refractivity contribution in [3.8, 4) is 5.75 Å². The lowest BCUT2D eigenvalue weighted by molar-refractivity contribution is -0.384.